The highest BCUT2D eigenvalue weighted by Gasteiger charge is 2.18. The molecule has 0 saturated carbocycles. The lowest BCUT2D eigenvalue weighted by molar-refractivity contribution is -0.122. The zero-order valence-corrected chi connectivity index (χ0v) is 12.4. The van der Waals surface area contributed by atoms with Gasteiger partial charge in [0.25, 0.3) is 0 Å². The Morgan fingerprint density at radius 1 is 1.35 bits per heavy atom. The summed E-state index contributed by atoms with van der Waals surface area (Å²) < 4.78 is 22.2. The van der Waals surface area contributed by atoms with Crippen molar-refractivity contribution in [3.05, 3.63) is 29.8 Å². The van der Waals surface area contributed by atoms with Crippen molar-refractivity contribution in [2.45, 2.75) is 25.4 Å². The number of nitrogens with one attached hydrogen (secondary N) is 1. The van der Waals surface area contributed by atoms with Gasteiger partial charge in [0.1, 0.15) is 15.6 Å². The molecule has 0 aliphatic rings. The number of sulfone groups is 1. The van der Waals surface area contributed by atoms with Gasteiger partial charge in [-0.3, -0.25) is 4.79 Å². The van der Waals surface area contributed by atoms with Crippen LogP contribution in [0.25, 0.3) is 0 Å². The minimum absolute atomic E-state index is 0.120. The summed E-state index contributed by atoms with van der Waals surface area (Å²) in [5.41, 5.74) is 6.60. The normalized spacial score (nSPS) is 14.6. The second kappa shape index (κ2) is 6.71. The Labute approximate surface area is 118 Å². The number of amides is 1. The van der Waals surface area contributed by atoms with E-state index in [-0.39, 0.29) is 11.5 Å². The molecule has 2 atom stereocenters. The molecule has 6 nitrogen and oxygen atoms in total. The maximum absolute atomic E-state index is 11.8. The van der Waals surface area contributed by atoms with Crippen LogP contribution >= 0.6 is 0 Å². The Balaban J connectivity index is 2.52. The average Bonchev–Trinajstić information content (AvgIpc) is 2.29. The van der Waals surface area contributed by atoms with Crippen LogP contribution in [0, 0.1) is 0 Å². The Morgan fingerprint density at radius 2 is 1.90 bits per heavy atom. The molecule has 7 heteroatoms. The van der Waals surface area contributed by atoms with Crippen LogP contribution in [0.15, 0.2) is 24.3 Å². The first-order valence-electron chi connectivity index (χ1n) is 6.19. The number of phenolic OH excluding ortho intramolecular Hbond substituents is 1. The van der Waals surface area contributed by atoms with Crippen LogP contribution in [0.5, 0.6) is 5.75 Å². The lowest BCUT2D eigenvalue weighted by atomic mass is 10.1. The molecule has 0 fully saturated rings. The molecule has 112 valence electrons. The van der Waals surface area contributed by atoms with Crippen molar-refractivity contribution in [2.24, 2.45) is 5.73 Å². The first-order valence-corrected chi connectivity index (χ1v) is 8.25. The molecule has 0 aliphatic carbocycles. The van der Waals surface area contributed by atoms with Gasteiger partial charge < -0.3 is 16.2 Å². The lowest BCUT2D eigenvalue weighted by Crippen LogP contribution is -2.47. The van der Waals surface area contributed by atoms with E-state index in [1.807, 2.05) is 0 Å². The van der Waals surface area contributed by atoms with Crippen molar-refractivity contribution < 1.29 is 18.3 Å². The van der Waals surface area contributed by atoms with Gasteiger partial charge in [0, 0.05) is 12.3 Å². The number of hydrogen-bond acceptors (Lipinski definition) is 5. The minimum Gasteiger partial charge on any atom is -0.508 e. The minimum atomic E-state index is -3.14. The molecule has 0 heterocycles. The van der Waals surface area contributed by atoms with E-state index in [1.165, 1.54) is 12.1 Å². The van der Waals surface area contributed by atoms with Crippen molar-refractivity contribution in [3.8, 4) is 5.75 Å². The van der Waals surface area contributed by atoms with Crippen molar-refractivity contribution in [1.82, 2.24) is 5.32 Å². The summed E-state index contributed by atoms with van der Waals surface area (Å²) in [6.07, 6.45) is 1.43. The number of aromatic hydroxyl groups is 1. The number of carbonyl (C=O) groups is 1. The molecule has 1 aromatic rings. The third-order valence-electron chi connectivity index (χ3n) is 2.67. The summed E-state index contributed by atoms with van der Waals surface area (Å²) >= 11 is 0. The summed E-state index contributed by atoms with van der Waals surface area (Å²) in [6, 6.07) is 5.16. The number of carbonyl (C=O) groups excluding carboxylic acids is 1. The van der Waals surface area contributed by atoms with E-state index in [2.05, 4.69) is 5.32 Å². The Hall–Kier alpha value is -1.60. The first-order chi connectivity index (χ1) is 9.17. The van der Waals surface area contributed by atoms with Gasteiger partial charge in [-0.15, -0.1) is 0 Å². The van der Waals surface area contributed by atoms with E-state index >= 15 is 0 Å². The van der Waals surface area contributed by atoms with Crippen LogP contribution in [-0.4, -0.2) is 43.5 Å². The predicted octanol–water partition coefficient (Wildman–Crippen LogP) is -0.189. The molecule has 0 aliphatic heterocycles. The molecule has 1 aromatic carbocycles. The fourth-order valence-electron chi connectivity index (χ4n) is 1.82. The smallest absolute Gasteiger partial charge is 0.237 e. The Kier molecular flexibility index (Phi) is 5.52. The lowest BCUT2D eigenvalue weighted by Gasteiger charge is -2.17. The molecule has 0 spiro atoms. The number of nitrogens with two attached hydrogens (primary N) is 1. The number of phenols is 1. The highest BCUT2D eigenvalue weighted by molar-refractivity contribution is 7.90. The van der Waals surface area contributed by atoms with Gasteiger partial charge in [-0.05, 0) is 31.0 Å². The predicted molar refractivity (Wildman–Crippen MR) is 77.1 cm³/mol. The van der Waals surface area contributed by atoms with Gasteiger partial charge in [-0.25, -0.2) is 8.42 Å². The summed E-state index contributed by atoms with van der Waals surface area (Å²) in [5.74, 6) is -0.368. The van der Waals surface area contributed by atoms with Gasteiger partial charge in [0.2, 0.25) is 5.91 Å². The standard InChI is InChI=1S/C13H20N2O4S/c1-9(8-20(2,18)19)15-13(17)12(14)7-10-3-5-11(16)6-4-10/h3-6,9,12,16H,7-8,14H2,1-2H3,(H,15,17)/t9?,12-/m1/s1. The third kappa shape index (κ3) is 6.03. The van der Waals surface area contributed by atoms with Gasteiger partial charge in [-0.1, -0.05) is 12.1 Å². The van der Waals surface area contributed by atoms with Gasteiger partial charge in [0.15, 0.2) is 0 Å². The van der Waals surface area contributed by atoms with Crippen molar-refractivity contribution in [1.29, 1.82) is 0 Å². The van der Waals surface area contributed by atoms with Gasteiger partial charge >= 0.3 is 0 Å². The quantitative estimate of drug-likeness (QED) is 0.674. The Bertz CT molecular complexity index is 554. The van der Waals surface area contributed by atoms with Crippen LogP contribution in [-0.2, 0) is 21.1 Å². The molecule has 0 radical (unpaired) electrons. The van der Waals surface area contributed by atoms with Crippen LogP contribution in [0.1, 0.15) is 12.5 Å². The van der Waals surface area contributed by atoms with Crippen LogP contribution in [0.3, 0.4) is 0 Å². The molecule has 1 amide bonds. The molecule has 4 N–H and O–H groups in total. The van der Waals surface area contributed by atoms with Crippen molar-refractivity contribution in [2.75, 3.05) is 12.0 Å². The zero-order valence-electron chi connectivity index (χ0n) is 11.5. The monoisotopic (exact) mass is 300 g/mol. The molecule has 1 rings (SSSR count). The van der Waals surface area contributed by atoms with E-state index in [1.54, 1.807) is 19.1 Å². The molecular formula is C13H20N2O4S. The SMILES string of the molecule is CC(CS(C)(=O)=O)NC(=O)[C@H](N)Cc1ccc(O)cc1. The second-order valence-corrected chi connectivity index (χ2v) is 7.16. The topological polar surface area (TPSA) is 109 Å². The number of benzene rings is 1. The first kappa shape index (κ1) is 16.5. The molecule has 1 unspecified atom stereocenters. The zero-order chi connectivity index (χ0) is 15.3. The van der Waals surface area contributed by atoms with E-state index in [0.717, 1.165) is 11.8 Å². The highest BCUT2D eigenvalue weighted by atomic mass is 32.2. The number of hydrogen-bond donors (Lipinski definition) is 3. The average molecular weight is 300 g/mol. The van der Waals surface area contributed by atoms with Crippen molar-refractivity contribution in [3.63, 3.8) is 0 Å². The van der Waals surface area contributed by atoms with E-state index in [4.69, 9.17) is 10.8 Å². The van der Waals surface area contributed by atoms with Crippen LogP contribution in [0.2, 0.25) is 0 Å². The highest BCUT2D eigenvalue weighted by Crippen LogP contribution is 2.10. The molecule has 0 aromatic heterocycles. The maximum Gasteiger partial charge on any atom is 0.237 e. The molecule has 0 saturated heterocycles. The van der Waals surface area contributed by atoms with E-state index < -0.39 is 27.8 Å². The third-order valence-corrected chi connectivity index (χ3v) is 3.78. The van der Waals surface area contributed by atoms with Gasteiger partial charge in [0.05, 0.1) is 11.8 Å². The van der Waals surface area contributed by atoms with Gasteiger partial charge in [-0.2, -0.15) is 0 Å². The van der Waals surface area contributed by atoms with Crippen LogP contribution in [0.4, 0.5) is 0 Å². The van der Waals surface area contributed by atoms with E-state index in [0.29, 0.717) is 6.42 Å². The summed E-state index contributed by atoms with van der Waals surface area (Å²) in [4.78, 5) is 11.8. The molecular weight excluding hydrogens is 280 g/mol. The molecule has 20 heavy (non-hydrogen) atoms. The summed E-state index contributed by atoms with van der Waals surface area (Å²) in [5, 5.41) is 11.7. The largest absolute Gasteiger partial charge is 0.508 e. The van der Waals surface area contributed by atoms with Crippen LogP contribution < -0.4 is 11.1 Å². The maximum atomic E-state index is 11.8. The fourth-order valence-corrected chi connectivity index (χ4v) is 2.82. The summed E-state index contributed by atoms with van der Waals surface area (Å²) in [6.45, 7) is 1.62. The summed E-state index contributed by atoms with van der Waals surface area (Å²) in [7, 11) is -3.14. The van der Waals surface area contributed by atoms with Crippen molar-refractivity contribution >= 4 is 15.7 Å². The second-order valence-electron chi connectivity index (χ2n) is 4.98. The molecule has 0 bridgehead atoms. The fraction of sp³-hybridized carbons (Fsp3) is 0.462. The van der Waals surface area contributed by atoms with E-state index in [9.17, 15) is 13.2 Å². The Morgan fingerprint density at radius 3 is 2.40 bits per heavy atom. The number of rotatable bonds is 6.